The summed E-state index contributed by atoms with van der Waals surface area (Å²) >= 11 is 5.72. The van der Waals surface area contributed by atoms with Gasteiger partial charge in [-0.25, -0.2) is 0 Å². The van der Waals surface area contributed by atoms with Crippen LogP contribution in [0.15, 0.2) is 91.0 Å². The molecule has 1 aromatic heterocycles. The highest BCUT2D eigenvalue weighted by atomic mass is 35.5. The zero-order chi connectivity index (χ0) is 23.8. The van der Waals surface area contributed by atoms with E-state index in [9.17, 15) is 4.79 Å². The van der Waals surface area contributed by atoms with Crippen molar-refractivity contribution < 1.29 is 19.0 Å². The lowest BCUT2D eigenvalue weighted by molar-refractivity contribution is 0.104. The van der Waals surface area contributed by atoms with Gasteiger partial charge in [-0.05, 0) is 71.8 Å². The molecule has 4 rings (SSSR count). The minimum absolute atomic E-state index is 0.0986. The van der Waals surface area contributed by atoms with E-state index in [2.05, 4.69) is 10.2 Å². The lowest BCUT2D eigenvalue weighted by Crippen LogP contribution is -1.97. The Balaban J connectivity index is 1.30. The fraction of sp³-hybridized carbons (Fsp3) is 0.0741. The third-order valence-electron chi connectivity index (χ3n) is 4.84. The molecule has 0 radical (unpaired) electrons. The van der Waals surface area contributed by atoms with Gasteiger partial charge in [0.25, 0.3) is 0 Å². The Morgan fingerprint density at radius 3 is 2.15 bits per heavy atom. The van der Waals surface area contributed by atoms with E-state index in [-0.39, 0.29) is 5.78 Å². The molecule has 34 heavy (non-hydrogen) atoms. The van der Waals surface area contributed by atoms with Gasteiger partial charge in [-0.2, -0.15) is 0 Å². The summed E-state index contributed by atoms with van der Waals surface area (Å²) in [5.74, 6) is 2.34. The van der Waals surface area contributed by atoms with Crippen LogP contribution in [-0.2, 0) is 6.61 Å². The third kappa shape index (κ3) is 6.43. The molecule has 0 N–H and O–H groups in total. The molecule has 0 amide bonds. The summed E-state index contributed by atoms with van der Waals surface area (Å²) in [7, 11) is 1.63. The van der Waals surface area contributed by atoms with Gasteiger partial charge in [0.2, 0.25) is 5.88 Å². The smallest absolute Gasteiger partial charge is 0.238 e. The van der Waals surface area contributed by atoms with Crippen LogP contribution in [0.5, 0.6) is 23.1 Å². The predicted octanol–water partition coefficient (Wildman–Crippen LogP) is 6.41. The maximum absolute atomic E-state index is 12.5. The van der Waals surface area contributed by atoms with Crippen LogP contribution in [0.2, 0.25) is 5.15 Å². The fourth-order valence-electron chi connectivity index (χ4n) is 3.00. The average molecular weight is 473 g/mol. The van der Waals surface area contributed by atoms with Crippen molar-refractivity contribution in [2.75, 3.05) is 7.11 Å². The summed E-state index contributed by atoms with van der Waals surface area (Å²) in [5, 5.41) is 7.89. The summed E-state index contributed by atoms with van der Waals surface area (Å²) in [6.45, 7) is 0.432. The number of hydrogen-bond acceptors (Lipinski definition) is 6. The van der Waals surface area contributed by atoms with E-state index in [4.69, 9.17) is 25.8 Å². The number of benzene rings is 3. The number of allylic oxidation sites excluding steroid dienone is 1. The van der Waals surface area contributed by atoms with E-state index >= 15 is 0 Å². The van der Waals surface area contributed by atoms with Crippen molar-refractivity contribution in [1.29, 1.82) is 0 Å². The first-order valence-corrected chi connectivity index (χ1v) is 10.8. The Labute approximate surface area is 202 Å². The molecule has 0 atom stereocenters. The molecule has 7 heteroatoms. The minimum atomic E-state index is -0.0986. The first-order valence-electron chi connectivity index (χ1n) is 10.4. The quantitative estimate of drug-likeness (QED) is 0.207. The van der Waals surface area contributed by atoms with Crippen LogP contribution < -0.4 is 14.2 Å². The van der Waals surface area contributed by atoms with Crippen LogP contribution in [0.1, 0.15) is 21.5 Å². The second-order valence-electron chi connectivity index (χ2n) is 7.22. The van der Waals surface area contributed by atoms with Gasteiger partial charge in [-0.15, -0.1) is 10.2 Å². The molecule has 0 saturated heterocycles. The molecular weight excluding hydrogens is 452 g/mol. The lowest BCUT2D eigenvalue weighted by Gasteiger charge is -2.07. The fourth-order valence-corrected chi connectivity index (χ4v) is 3.10. The second kappa shape index (κ2) is 11.1. The number of ketones is 1. The van der Waals surface area contributed by atoms with Crippen LogP contribution in [0.25, 0.3) is 6.08 Å². The van der Waals surface area contributed by atoms with Gasteiger partial charge in [-0.3, -0.25) is 4.79 Å². The number of carbonyl (C=O) groups excluding carboxylic acids is 1. The molecule has 0 aliphatic carbocycles. The largest absolute Gasteiger partial charge is 0.497 e. The molecule has 6 nitrogen and oxygen atoms in total. The zero-order valence-corrected chi connectivity index (χ0v) is 19.1. The summed E-state index contributed by atoms with van der Waals surface area (Å²) in [4.78, 5) is 12.5. The highest BCUT2D eigenvalue weighted by molar-refractivity contribution is 6.29. The Morgan fingerprint density at radius 2 is 1.50 bits per heavy atom. The lowest BCUT2D eigenvalue weighted by atomic mass is 10.1. The highest BCUT2D eigenvalue weighted by Gasteiger charge is 2.04. The predicted molar refractivity (Wildman–Crippen MR) is 131 cm³/mol. The van der Waals surface area contributed by atoms with E-state index in [0.717, 1.165) is 16.9 Å². The molecule has 0 unspecified atom stereocenters. The van der Waals surface area contributed by atoms with Gasteiger partial charge in [0.1, 0.15) is 23.9 Å². The summed E-state index contributed by atoms with van der Waals surface area (Å²) in [5.41, 5.74) is 2.47. The maximum atomic E-state index is 12.5. The molecular formula is C27H21ClN2O4. The molecule has 0 fully saturated rings. The monoisotopic (exact) mass is 472 g/mol. The van der Waals surface area contributed by atoms with E-state index in [1.165, 1.54) is 6.08 Å². The minimum Gasteiger partial charge on any atom is -0.497 e. The van der Waals surface area contributed by atoms with Gasteiger partial charge in [0.05, 0.1) is 7.11 Å². The van der Waals surface area contributed by atoms with Gasteiger partial charge >= 0.3 is 0 Å². The van der Waals surface area contributed by atoms with Crippen LogP contribution in [0.4, 0.5) is 0 Å². The number of methoxy groups -OCH3 is 1. The van der Waals surface area contributed by atoms with Crippen LogP contribution in [0.3, 0.4) is 0 Å². The Bertz CT molecular complexity index is 1250. The van der Waals surface area contributed by atoms with Gasteiger partial charge in [0.15, 0.2) is 10.9 Å². The summed E-state index contributed by atoms with van der Waals surface area (Å²) in [6.07, 6.45) is 3.29. The third-order valence-corrected chi connectivity index (χ3v) is 5.04. The average Bonchev–Trinajstić information content (AvgIpc) is 2.89. The molecule has 170 valence electrons. The summed E-state index contributed by atoms with van der Waals surface area (Å²) < 4.78 is 16.6. The van der Waals surface area contributed by atoms with Crippen molar-refractivity contribution in [2.24, 2.45) is 0 Å². The van der Waals surface area contributed by atoms with Crippen molar-refractivity contribution in [2.45, 2.75) is 6.61 Å². The molecule has 4 aromatic rings. The van der Waals surface area contributed by atoms with Gasteiger partial charge < -0.3 is 14.2 Å². The molecule has 1 heterocycles. The first-order chi connectivity index (χ1) is 16.6. The van der Waals surface area contributed by atoms with E-state index in [0.29, 0.717) is 34.7 Å². The topological polar surface area (TPSA) is 70.5 Å². The van der Waals surface area contributed by atoms with Crippen LogP contribution >= 0.6 is 11.6 Å². The van der Waals surface area contributed by atoms with Crippen molar-refractivity contribution in [3.05, 3.63) is 113 Å². The van der Waals surface area contributed by atoms with Crippen molar-refractivity contribution in [1.82, 2.24) is 10.2 Å². The SMILES string of the molecule is COc1ccc(COc2ccc(C(=O)/C=C/c3ccc(Oc4ccc(Cl)nn4)cc3)cc2)cc1. The van der Waals surface area contributed by atoms with E-state index < -0.39 is 0 Å². The van der Waals surface area contributed by atoms with E-state index in [1.807, 2.05) is 36.4 Å². The highest BCUT2D eigenvalue weighted by Crippen LogP contribution is 2.21. The molecule has 0 bridgehead atoms. The van der Waals surface area contributed by atoms with Gasteiger partial charge in [0, 0.05) is 11.6 Å². The zero-order valence-electron chi connectivity index (χ0n) is 18.4. The number of nitrogens with zero attached hydrogens (tertiary/aromatic N) is 2. The molecule has 0 aliphatic rings. The first kappa shape index (κ1) is 23.0. The Hall–Kier alpha value is -4.16. The van der Waals surface area contributed by atoms with Crippen molar-refractivity contribution in [3.63, 3.8) is 0 Å². The summed E-state index contributed by atoms with van der Waals surface area (Å²) in [6, 6.07) is 25.3. The van der Waals surface area contributed by atoms with E-state index in [1.54, 1.807) is 61.7 Å². The van der Waals surface area contributed by atoms with Crippen LogP contribution in [0, 0.1) is 0 Å². The number of aromatic nitrogens is 2. The Kier molecular flexibility index (Phi) is 7.53. The van der Waals surface area contributed by atoms with Crippen LogP contribution in [-0.4, -0.2) is 23.1 Å². The second-order valence-corrected chi connectivity index (χ2v) is 7.61. The molecule has 0 aliphatic heterocycles. The number of hydrogen-bond donors (Lipinski definition) is 0. The normalized spacial score (nSPS) is 10.8. The van der Waals surface area contributed by atoms with Crippen molar-refractivity contribution in [3.8, 4) is 23.1 Å². The molecule has 3 aromatic carbocycles. The molecule has 0 saturated carbocycles. The number of halogens is 1. The number of rotatable bonds is 9. The van der Waals surface area contributed by atoms with Crippen molar-refractivity contribution >= 4 is 23.5 Å². The van der Waals surface area contributed by atoms with Gasteiger partial charge in [-0.1, -0.05) is 41.9 Å². The molecule has 0 spiro atoms. The number of carbonyl (C=O) groups is 1. The Morgan fingerprint density at radius 1 is 0.824 bits per heavy atom. The standard InChI is InChI=1S/C27H21ClN2O4/c1-32-22-9-4-20(5-10-22)18-33-23-13-7-21(8-14-23)25(31)15-6-19-2-11-24(12-3-19)34-27-17-16-26(28)29-30-27/h2-17H,18H2,1H3/b15-6+. The maximum Gasteiger partial charge on any atom is 0.238 e. The number of ether oxygens (including phenoxy) is 3.